The molecule has 0 spiro atoms. The molecule has 0 radical (unpaired) electrons. The van der Waals surface area contributed by atoms with Gasteiger partial charge in [0.2, 0.25) is 11.8 Å². The summed E-state index contributed by atoms with van der Waals surface area (Å²) in [5.74, 6) is -0.888. The average Bonchev–Trinajstić information content (AvgIpc) is 3.38. The molecule has 3 amide bonds. The largest absolute Gasteiger partial charge is 0.379 e. The Kier molecular flexibility index (Phi) is 5.24. The highest BCUT2D eigenvalue weighted by Crippen LogP contribution is 2.29. The van der Waals surface area contributed by atoms with E-state index in [-0.39, 0.29) is 18.2 Å². The van der Waals surface area contributed by atoms with Crippen LogP contribution < -0.4 is 5.32 Å². The van der Waals surface area contributed by atoms with Crippen molar-refractivity contribution < 1.29 is 19.1 Å². The number of piperidine rings is 1. The molecule has 1 unspecified atom stereocenters. The summed E-state index contributed by atoms with van der Waals surface area (Å²) in [5.41, 5.74) is 3.07. The molecule has 2 saturated heterocycles. The summed E-state index contributed by atoms with van der Waals surface area (Å²) in [4.78, 5) is 40.5. The highest BCUT2D eigenvalue weighted by Gasteiger charge is 2.39. The average molecular weight is 424 g/mol. The lowest BCUT2D eigenvalue weighted by Crippen LogP contribution is -2.52. The SMILES string of the molecule is O=C1CCC(N2Cc3ccc(-n4cc(CCN5CCOCC5)nn4)cc3C2=O)C(=O)N1. The fraction of sp³-hybridized carbons (Fsp3) is 0.476. The maximum absolute atomic E-state index is 13.0. The molecule has 1 aromatic carbocycles. The summed E-state index contributed by atoms with van der Waals surface area (Å²) in [6.07, 6.45) is 3.29. The van der Waals surface area contributed by atoms with Crippen molar-refractivity contribution in [2.45, 2.75) is 31.8 Å². The quantitative estimate of drug-likeness (QED) is 0.668. The molecule has 2 aromatic rings. The molecule has 2 fully saturated rings. The van der Waals surface area contributed by atoms with E-state index in [4.69, 9.17) is 4.74 Å². The van der Waals surface area contributed by atoms with Crippen LogP contribution in [0.1, 0.15) is 34.5 Å². The molecule has 3 aliphatic rings. The third-order valence-electron chi connectivity index (χ3n) is 6.10. The van der Waals surface area contributed by atoms with E-state index in [9.17, 15) is 14.4 Å². The van der Waals surface area contributed by atoms with E-state index in [1.165, 1.54) is 0 Å². The van der Waals surface area contributed by atoms with Crippen molar-refractivity contribution in [2.24, 2.45) is 0 Å². The number of hydrogen-bond donors (Lipinski definition) is 1. The fourth-order valence-electron chi connectivity index (χ4n) is 4.32. The molecule has 31 heavy (non-hydrogen) atoms. The van der Waals surface area contributed by atoms with Gasteiger partial charge in [-0.05, 0) is 24.1 Å². The maximum atomic E-state index is 13.0. The van der Waals surface area contributed by atoms with Gasteiger partial charge in [0.15, 0.2) is 0 Å². The van der Waals surface area contributed by atoms with E-state index in [1.54, 1.807) is 15.6 Å². The minimum absolute atomic E-state index is 0.195. The van der Waals surface area contributed by atoms with Crippen LogP contribution in [0.5, 0.6) is 0 Å². The number of nitrogens with one attached hydrogen (secondary N) is 1. The number of carbonyl (C=O) groups is 3. The Balaban J connectivity index is 1.28. The van der Waals surface area contributed by atoms with Crippen LogP contribution in [0.3, 0.4) is 0 Å². The predicted octanol–water partition coefficient (Wildman–Crippen LogP) is -0.0970. The van der Waals surface area contributed by atoms with Crippen LogP contribution in [0, 0.1) is 0 Å². The van der Waals surface area contributed by atoms with Gasteiger partial charge in [-0.2, -0.15) is 0 Å². The van der Waals surface area contributed by atoms with Crippen LogP contribution in [0.15, 0.2) is 24.4 Å². The molecule has 1 atom stereocenters. The number of benzene rings is 1. The van der Waals surface area contributed by atoms with Crippen molar-refractivity contribution in [1.82, 2.24) is 30.1 Å². The van der Waals surface area contributed by atoms with Crippen molar-refractivity contribution in [1.29, 1.82) is 0 Å². The maximum Gasteiger partial charge on any atom is 0.255 e. The van der Waals surface area contributed by atoms with E-state index in [1.807, 2.05) is 18.3 Å². The fourth-order valence-corrected chi connectivity index (χ4v) is 4.32. The van der Waals surface area contributed by atoms with Crippen LogP contribution in [0.4, 0.5) is 0 Å². The van der Waals surface area contributed by atoms with Gasteiger partial charge in [-0.1, -0.05) is 11.3 Å². The lowest BCUT2D eigenvalue weighted by atomic mass is 10.0. The number of ether oxygens (including phenoxy) is 1. The summed E-state index contributed by atoms with van der Waals surface area (Å²) in [7, 11) is 0. The molecule has 3 aliphatic heterocycles. The first-order valence-corrected chi connectivity index (χ1v) is 10.6. The van der Waals surface area contributed by atoms with Gasteiger partial charge >= 0.3 is 0 Å². The van der Waals surface area contributed by atoms with Crippen molar-refractivity contribution >= 4 is 17.7 Å². The monoisotopic (exact) mass is 424 g/mol. The van der Waals surface area contributed by atoms with Crippen molar-refractivity contribution in [2.75, 3.05) is 32.8 Å². The summed E-state index contributed by atoms with van der Waals surface area (Å²) >= 11 is 0. The second kappa shape index (κ2) is 8.20. The second-order valence-corrected chi connectivity index (χ2v) is 8.10. The Morgan fingerprint density at radius 1 is 1.16 bits per heavy atom. The van der Waals surface area contributed by atoms with Gasteiger partial charge in [0, 0.05) is 44.6 Å². The zero-order chi connectivity index (χ0) is 21.4. The Hall–Kier alpha value is -3.11. The minimum atomic E-state index is -0.612. The highest BCUT2D eigenvalue weighted by molar-refractivity contribution is 6.05. The van der Waals surface area contributed by atoms with E-state index >= 15 is 0 Å². The Morgan fingerprint density at radius 3 is 2.81 bits per heavy atom. The first-order chi connectivity index (χ1) is 15.1. The van der Waals surface area contributed by atoms with Crippen LogP contribution in [-0.4, -0.2) is 81.4 Å². The molecule has 5 rings (SSSR count). The zero-order valence-corrected chi connectivity index (χ0v) is 17.1. The normalized spacial score (nSPS) is 22.0. The van der Waals surface area contributed by atoms with E-state index in [0.717, 1.165) is 56.2 Å². The van der Waals surface area contributed by atoms with E-state index < -0.39 is 11.9 Å². The Labute approximate surface area is 179 Å². The van der Waals surface area contributed by atoms with Gasteiger partial charge < -0.3 is 9.64 Å². The second-order valence-electron chi connectivity index (χ2n) is 8.10. The Bertz CT molecular complexity index is 1030. The lowest BCUT2D eigenvalue weighted by Gasteiger charge is -2.29. The molecule has 0 bridgehead atoms. The van der Waals surface area contributed by atoms with E-state index in [2.05, 4.69) is 20.5 Å². The van der Waals surface area contributed by atoms with E-state index in [0.29, 0.717) is 18.5 Å². The third-order valence-corrected chi connectivity index (χ3v) is 6.10. The van der Waals surface area contributed by atoms with Crippen LogP contribution in [-0.2, 0) is 27.3 Å². The van der Waals surface area contributed by atoms with Gasteiger partial charge in [0.05, 0.1) is 30.8 Å². The van der Waals surface area contributed by atoms with Gasteiger partial charge in [0.1, 0.15) is 6.04 Å². The molecule has 1 aromatic heterocycles. The molecule has 1 N–H and O–H groups in total. The van der Waals surface area contributed by atoms with Crippen LogP contribution >= 0.6 is 0 Å². The first kappa shape index (κ1) is 19.8. The van der Waals surface area contributed by atoms with Gasteiger partial charge in [-0.25, -0.2) is 4.68 Å². The highest BCUT2D eigenvalue weighted by atomic mass is 16.5. The van der Waals surface area contributed by atoms with Gasteiger partial charge in [0.25, 0.3) is 5.91 Å². The summed E-state index contributed by atoms with van der Waals surface area (Å²) in [5, 5.41) is 10.8. The smallest absolute Gasteiger partial charge is 0.255 e. The van der Waals surface area contributed by atoms with Crippen molar-refractivity contribution in [3.8, 4) is 5.69 Å². The van der Waals surface area contributed by atoms with Crippen LogP contribution in [0.2, 0.25) is 0 Å². The molecule has 4 heterocycles. The molecule has 162 valence electrons. The van der Waals surface area contributed by atoms with Crippen molar-refractivity contribution in [3.63, 3.8) is 0 Å². The summed E-state index contributed by atoms with van der Waals surface area (Å²) < 4.78 is 7.05. The molecular weight excluding hydrogens is 400 g/mol. The summed E-state index contributed by atoms with van der Waals surface area (Å²) in [6.45, 7) is 4.68. The molecule has 10 heteroatoms. The Morgan fingerprint density at radius 2 is 2.00 bits per heavy atom. The third kappa shape index (κ3) is 3.96. The predicted molar refractivity (Wildman–Crippen MR) is 108 cm³/mol. The number of nitrogens with zero attached hydrogens (tertiary/aromatic N) is 5. The first-order valence-electron chi connectivity index (χ1n) is 10.6. The number of amides is 3. The number of hydrogen-bond acceptors (Lipinski definition) is 7. The molecule has 0 saturated carbocycles. The zero-order valence-electron chi connectivity index (χ0n) is 17.1. The molecule has 0 aliphatic carbocycles. The summed E-state index contributed by atoms with van der Waals surface area (Å²) in [6, 6.07) is 4.98. The number of carbonyl (C=O) groups excluding carboxylic acids is 3. The van der Waals surface area contributed by atoms with Crippen LogP contribution in [0.25, 0.3) is 5.69 Å². The number of morpholine rings is 1. The van der Waals surface area contributed by atoms with Gasteiger partial charge in [-0.3, -0.25) is 24.6 Å². The number of fused-ring (bicyclic) bond motifs is 1. The molecular formula is C21H24N6O4. The van der Waals surface area contributed by atoms with Gasteiger partial charge in [-0.15, -0.1) is 5.10 Å². The topological polar surface area (TPSA) is 110 Å². The van der Waals surface area contributed by atoms with Crippen molar-refractivity contribution in [3.05, 3.63) is 41.2 Å². The lowest BCUT2D eigenvalue weighted by molar-refractivity contribution is -0.136. The standard InChI is InChI=1S/C21H24N6O4/c28-19-4-3-18(20(29)22-19)26-12-14-1-2-16(11-17(14)21(26)30)27-13-15(23-24-27)5-6-25-7-9-31-10-8-25/h1-2,11,13,18H,3-10,12H2,(H,22,28,29). The molecule has 10 nitrogen and oxygen atoms in total. The minimum Gasteiger partial charge on any atom is -0.379 e. The number of imide groups is 1. The number of rotatable bonds is 5. The number of aromatic nitrogens is 3.